The molecule has 0 bridgehead atoms. The average molecular weight is 332 g/mol. The summed E-state index contributed by atoms with van der Waals surface area (Å²) in [6.45, 7) is 8.41. The molecule has 132 valence electrons. The van der Waals surface area contributed by atoms with Crippen LogP contribution < -0.4 is 5.32 Å². The van der Waals surface area contributed by atoms with Crippen molar-refractivity contribution in [3.8, 4) is 0 Å². The predicted molar refractivity (Wildman–Crippen MR) is 95.3 cm³/mol. The fourth-order valence-electron chi connectivity index (χ4n) is 2.98. The van der Waals surface area contributed by atoms with Gasteiger partial charge in [-0.15, -0.1) is 0 Å². The van der Waals surface area contributed by atoms with Crippen LogP contribution in [-0.4, -0.2) is 35.1 Å². The molecule has 1 heterocycles. The molecule has 2 amide bonds. The number of carbonyl (C=O) groups excluding carboxylic acids is 2. The molecule has 5 heteroatoms. The van der Waals surface area contributed by atoms with Gasteiger partial charge in [-0.1, -0.05) is 6.92 Å². The summed E-state index contributed by atoms with van der Waals surface area (Å²) < 4.78 is 5.22. The van der Waals surface area contributed by atoms with E-state index in [0.717, 1.165) is 25.8 Å². The molecule has 1 unspecified atom stereocenters. The number of nitrogens with one attached hydrogen (secondary N) is 1. The Morgan fingerprint density at radius 1 is 1.21 bits per heavy atom. The molecule has 24 heavy (non-hydrogen) atoms. The number of benzene rings is 1. The van der Waals surface area contributed by atoms with Gasteiger partial charge in [-0.05, 0) is 70.7 Å². The van der Waals surface area contributed by atoms with Gasteiger partial charge in [0.1, 0.15) is 5.60 Å². The Hall–Kier alpha value is -2.04. The highest BCUT2D eigenvalue weighted by molar-refractivity contribution is 5.95. The van der Waals surface area contributed by atoms with Gasteiger partial charge in [-0.2, -0.15) is 0 Å². The van der Waals surface area contributed by atoms with E-state index < -0.39 is 11.7 Å². The minimum absolute atomic E-state index is 0.0744. The van der Waals surface area contributed by atoms with Gasteiger partial charge in [0, 0.05) is 23.8 Å². The molecular weight excluding hydrogens is 304 g/mol. The standard InChI is InChI=1S/C19H28N2O3/c1-5-16-8-6-7-13-21(16)17(22)14-9-11-15(12-10-14)20-18(23)24-19(2,3)4/h9-12,16H,5-8,13H2,1-4H3,(H,20,23). The number of hydrogen-bond acceptors (Lipinski definition) is 3. The normalized spacial score (nSPS) is 18.2. The molecule has 5 nitrogen and oxygen atoms in total. The quantitative estimate of drug-likeness (QED) is 0.890. The maximum Gasteiger partial charge on any atom is 0.412 e. The fourth-order valence-corrected chi connectivity index (χ4v) is 2.98. The number of likely N-dealkylation sites (tertiary alicyclic amines) is 1. The van der Waals surface area contributed by atoms with Crippen LogP contribution in [0.15, 0.2) is 24.3 Å². The van der Waals surface area contributed by atoms with E-state index in [1.807, 2.05) is 25.7 Å². The number of rotatable bonds is 3. The van der Waals surface area contributed by atoms with Crippen LogP contribution in [0.1, 0.15) is 63.7 Å². The van der Waals surface area contributed by atoms with Crippen molar-refractivity contribution < 1.29 is 14.3 Å². The maximum absolute atomic E-state index is 12.7. The Morgan fingerprint density at radius 2 is 1.88 bits per heavy atom. The fraction of sp³-hybridized carbons (Fsp3) is 0.579. The van der Waals surface area contributed by atoms with E-state index in [0.29, 0.717) is 17.3 Å². The number of carbonyl (C=O) groups is 2. The van der Waals surface area contributed by atoms with E-state index in [4.69, 9.17) is 4.74 Å². The lowest BCUT2D eigenvalue weighted by Gasteiger charge is -2.35. The second-order valence-electron chi connectivity index (χ2n) is 7.26. The molecule has 1 aliphatic heterocycles. The van der Waals surface area contributed by atoms with E-state index in [9.17, 15) is 9.59 Å². The Kier molecular flexibility index (Phi) is 5.86. The first-order valence-corrected chi connectivity index (χ1v) is 8.71. The van der Waals surface area contributed by atoms with Crippen molar-refractivity contribution in [3.05, 3.63) is 29.8 Å². The monoisotopic (exact) mass is 332 g/mol. The Morgan fingerprint density at radius 3 is 2.46 bits per heavy atom. The predicted octanol–water partition coefficient (Wildman–Crippen LogP) is 4.44. The SMILES string of the molecule is CCC1CCCCN1C(=O)c1ccc(NC(=O)OC(C)(C)C)cc1. The minimum atomic E-state index is -0.538. The van der Waals surface area contributed by atoms with Gasteiger partial charge in [-0.3, -0.25) is 10.1 Å². The first-order valence-electron chi connectivity index (χ1n) is 8.71. The topological polar surface area (TPSA) is 58.6 Å². The smallest absolute Gasteiger partial charge is 0.412 e. The molecule has 1 atom stereocenters. The van der Waals surface area contributed by atoms with Gasteiger partial charge in [0.25, 0.3) is 5.91 Å². The third-order valence-electron chi connectivity index (χ3n) is 4.14. The summed E-state index contributed by atoms with van der Waals surface area (Å²) in [5.41, 5.74) is 0.736. The van der Waals surface area contributed by atoms with Crippen molar-refractivity contribution in [3.63, 3.8) is 0 Å². The first-order chi connectivity index (χ1) is 11.3. The molecule has 1 aliphatic rings. The van der Waals surface area contributed by atoms with Crippen molar-refractivity contribution in [2.45, 2.75) is 65.0 Å². The molecule has 0 spiro atoms. The zero-order chi connectivity index (χ0) is 17.7. The molecule has 1 saturated heterocycles. The Bertz CT molecular complexity index is 575. The number of nitrogens with zero attached hydrogens (tertiary/aromatic N) is 1. The van der Waals surface area contributed by atoms with Crippen molar-refractivity contribution in [1.82, 2.24) is 4.90 Å². The van der Waals surface area contributed by atoms with Crippen LogP contribution in [0, 0.1) is 0 Å². The molecule has 1 aromatic carbocycles. The van der Waals surface area contributed by atoms with Gasteiger partial charge in [0.15, 0.2) is 0 Å². The first kappa shape index (κ1) is 18.3. The van der Waals surface area contributed by atoms with E-state index in [1.54, 1.807) is 24.3 Å². The summed E-state index contributed by atoms with van der Waals surface area (Å²) >= 11 is 0. The van der Waals surface area contributed by atoms with Crippen molar-refractivity contribution >= 4 is 17.7 Å². The summed E-state index contributed by atoms with van der Waals surface area (Å²) in [7, 11) is 0. The maximum atomic E-state index is 12.7. The lowest BCUT2D eigenvalue weighted by molar-refractivity contribution is 0.0606. The third kappa shape index (κ3) is 4.98. The molecule has 0 saturated carbocycles. The number of hydrogen-bond donors (Lipinski definition) is 1. The number of amides is 2. The van der Waals surface area contributed by atoms with E-state index in [2.05, 4.69) is 12.2 Å². The van der Waals surface area contributed by atoms with Crippen LogP contribution in [0.4, 0.5) is 10.5 Å². The van der Waals surface area contributed by atoms with E-state index >= 15 is 0 Å². The summed E-state index contributed by atoms with van der Waals surface area (Å²) in [4.78, 5) is 26.5. The Balaban J connectivity index is 2.00. The van der Waals surface area contributed by atoms with Crippen LogP contribution in [0.2, 0.25) is 0 Å². The number of piperidine rings is 1. The Labute approximate surface area is 144 Å². The second-order valence-corrected chi connectivity index (χ2v) is 7.26. The summed E-state index contributed by atoms with van der Waals surface area (Å²) in [5.74, 6) is 0.0744. The minimum Gasteiger partial charge on any atom is -0.444 e. The molecular formula is C19H28N2O3. The largest absolute Gasteiger partial charge is 0.444 e. The molecule has 0 aliphatic carbocycles. The van der Waals surface area contributed by atoms with Crippen LogP contribution in [0.3, 0.4) is 0 Å². The molecule has 1 aromatic rings. The molecule has 0 aromatic heterocycles. The van der Waals surface area contributed by atoms with Crippen LogP contribution in [0.5, 0.6) is 0 Å². The third-order valence-corrected chi connectivity index (χ3v) is 4.14. The highest BCUT2D eigenvalue weighted by Crippen LogP contribution is 2.22. The summed E-state index contributed by atoms with van der Waals surface area (Å²) in [6.07, 6.45) is 3.84. The highest BCUT2D eigenvalue weighted by Gasteiger charge is 2.26. The summed E-state index contributed by atoms with van der Waals surface area (Å²) in [6, 6.07) is 7.34. The van der Waals surface area contributed by atoms with Crippen molar-refractivity contribution in [1.29, 1.82) is 0 Å². The molecule has 1 fully saturated rings. The van der Waals surface area contributed by atoms with Crippen LogP contribution in [0.25, 0.3) is 0 Å². The zero-order valence-electron chi connectivity index (χ0n) is 15.1. The van der Waals surface area contributed by atoms with Gasteiger partial charge in [0.05, 0.1) is 0 Å². The lowest BCUT2D eigenvalue weighted by Crippen LogP contribution is -2.43. The van der Waals surface area contributed by atoms with Gasteiger partial charge >= 0.3 is 6.09 Å². The van der Waals surface area contributed by atoms with Crippen molar-refractivity contribution in [2.75, 3.05) is 11.9 Å². The second kappa shape index (κ2) is 7.69. The van der Waals surface area contributed by atoms with E-state index in [-0.39, 0.29) is 5.91 Å². The van der Waals surface area contributed by atoms with Crippen molar-refractivity contribution in [2.24, 2.45) is 0 Å². The number of anilines is 1. The average Bonchev–Trinajstić information content (AvgIpc) is 2.53. The zero-order valence-corrected chi connectivity index (χ0v) is 15.1. The highest BCUT2D eigenvalue weighted by atomic mass is 16.6. The van der Waals surface area contributed by atoms with Gasteiger partial charge in [-0.25, -0.2) is 4.79 Å². The van der Waals surface area contributed by atoms with Gasteiger partial charge in [0.2, 0.25) is 0 Å². The van der Waals surface area contributed by atoms with E-state index in [1.165, 1.54) is 6.42 Å². The van der Waals surface area contributed by atoms with Gasteiger partial charge < -0.3 is 9.64 Å². The van der Waals surface area contributed by atoms with Crippen LogP contribution in [-0.2, 0) is 4.74 Å². The molecule has 1 N–H and O–H groups in total. The molecule has 2 rings (SSSR count). The molecule has 0 radical (unpaired) electrons. The number of ether oxygens (including phenoxy) is 1. The lowest BCUT2D eigenvalue weighted by atomic mass is 9.99. The van der Waals surface area contributed by atoms with Crippen LogP contribution >= 0.6 is 0 Å². The summed E-state index contributed by atoms with van der Waals surface area (Å²) in [5, 5.41) is 2.68.